The van der Waals surface area contributed by atoms with Crippen LogP contribution >= 0.6 is 0 Å². The molecule has 1 aromatic carbocycles. The predicted octanol–water partition coefficient (Wildman–Crippen LogP) is 3.21. The number of hydrogen-bond acceptors (Lipinski definition) is 6. The van der Waals surface area contributed by atoms with Crippen LogP contribution in [0.1, 0.15) is 17.0 Å². The van der Waals surface area contributed by atoms with Gasteiger partial charge in [-0.05, 0) is 22.8 Å². The van der Waals surface area contributed by atoms with E-state index in [4.69, 9.17) is 10.2 Å². The second kappa shape index (κ2) is 7.32. The number of benzene rings is 1. The standard InChI is InChI=1S/C23H19N5O/c24-10-19-18-6-8-28(11-16-4-2-1-3-5-16)12-20(18)21(17-7-9-29-13-17)23(14-25,15-26)22(19)27/h1-7,9,13,20-21H,8,11-12,27H2. The normalized spacial score (nSPS) is 23.3. The summed E-state index contributed by atoms with van der Waals surface area (Å²) in [6.07, 6.45) is 5.10. The summed E-state index contributed by atoms with van der Waals surface area (Å²) in [5, 5.41) is 29.8. The summed E-state index contributed by atoms with van der Waals surface area (Å²) in [5.74, 6) is -0.732. The van der Waals surface area contributed by atoms with Gasteiger partial charge in [-0.25, -0.2) is 0 Å². The van der Waals surface area contributed by atoms with Crippen LogP contribution < -0.4 is 5.73 Å². The van der Waals surface area contributed by atoms with Gasteiger partial charge in [-0.3, -0.25) is 4.90 Å². The Kier molecular flexibility index (Phi) is 4.69. The zero-order chi connectivity index (χ0) is 20.4. The van der Waals surface area contributed by atoms with Crippen molar-refractivity contribution in [3.05, 3.63) is 83.0 Å². The van der Waals surface area contributed by atoms with Crippen molar-refractivity contribution in [2.75, 3.05) is 13.1 Å². The van der Waals surface area contributed by atoms with Gasteiger partial charge in [0, 0.05) is 31.5 Å². The van der Waals surface area contributed by atoms with Gasteiger partial charge in [-0.15, -0.1) is 0 Å². The minimum Gasteiger partial charge on any atom is -0.472 e. The highest BCUT2D eigenvalue weighted by molar-refractivity contribution is 5.59. The third-order valence-electron chi connectivity index (χ3n) is 5.89. The van der Waals surface area contributed by atoms with Crippen molar-refractivity contribution in [1.82, 2.24) is 4.90 Å². The SMILES string of the molecule is N#CC1=C(N)C(C#N)(C#N)C(c2ccoc2)C2CN(Cc3ccccc3)CC=C12. The van der Waals surface area contributed by atoms with E-state index >= 15 is 0 Å². The van der Waals surface area contributed by atoms with E-state index in [2.05, 4.69) is 35.2 Å². The molecule has 6 nitrogen and oxygen atoms in total. The first-order valence-corrected chi connectivity index (χ1v) is 9.36. The van der Waals surface area contributed by atoms with E-state index in [9.17, 15) is 15.8 Å². The first kappa shape index (κ1) is 18.6. The maximum absolute atomic E-state index is 10.0. The van der Waals surface area contributed by atoms with Crippen molar-refractivity contribution in [2.45, 2.75) is 12.5 Å². The van der Waals surface area contributed by atoms with E-state index in [0.717, 1.165) is 17.7 Å². The molecule has 1 aliphatic heterocycles. The summed E-state index contributed by atoms with van der Waals surface area (Å²) < 4.78 is 5.27. The third-order valence-corrected chi connectivity index (χ3v) is 5.89. The summed E-state index contributed by atoms with van der Waals surface area (Å²) in [4.78, 5) is 2.26. The number of nitriles is 3. The fourth-order valence-electron chi connectivity index (χ4n) is 4.54. The molecule has 0 saturated heterocycles. The van der Waals surface area contributed by atoms with Gasteiger partial charge in [-0.1, -0.05) is 36.4 Å². The Morgan fingerprint density at radius 2 is 1.90 bits per heavy atom. The van der Waals surface area contributed by atoms with E-state index in [1.54, 1.807) is 12.3 Å². The van der Waals surface area contributed by atoms with Crippen LogP contribution in [-0.2, 0) is 6.54 Å². The van der Waals surface area contributed by atoms with Crippen LogP contribution in [0.15, 0.2) is 76.3 Å². The van der Waals surface area contributed by atoms with Gasteiger partial charge < -0.3 is 10.2 Å². The minimum atomic E-state index is -1.62. The fourth-order valence-corrected chi connectivity index (χ4v) is 4.54. The lowest BCUT2D eigenvalue weighted by Crippen LogP contribution is -2.47. The minimum absolute atomic E-state index is 0.0372. The van der Waals surface area contributed by atoms with Crippen molar-refractivity contribution >= 4 is 0 Å². The van der Waals surface area contributed by atoms with Crippen molar-refractivity contribution in [3.63, 3.8) is 0 Å². The lowest BCUT2D eigenvalue weighted by atomic mass is 9.58. The van der Waals surface area contributed by atoms with Crippen LogP contribution in [0, 0.1) is 45.3 Å². The Hall–Kier alpha value is -3.79. The van der Waals surface area contributed by atoms with Crippen LogP contribution in [0.25, 0.3) is 0 Å². The topological polar surface area (TPSA) is 114 Å². The molecule has 29 heavy (non-hydrogen) atoms. The van der Waals surface area contributed by atoms with Gasteiger partial charge in [0.25, 0.3) is 0 Å². The second-order valence-electron chi connectivity index (χ2n) is 7.41. The number of rotatable bonds is 3. The van der Waals surface area contributed by atoms with Crippen LogP contribution in [0.2, 0.25) is 0 Å². The molecule has 2 aliphatic rings. The number of nitrogens with zero attached hydrogens (tertiary/aromatic N) is 4. The largest absolute Gasteiger partial charge is 0.472 e. The van der Waals surface area contributed by atoms with Gasteiger partial charge in [0.1, 0.15) is 6.07 Å². The van der Waals surface area contributed by atoms with Crippen molar-refractivity contribution in [3.8, 4) is 18.2 Å². The highest BCUT2D eigenvalue weighted by Crippen LogP contribution is 2.54. The molecule has 1 aliphatic carbocycles. The van der Waals surface area contributed by atoms with E-state index in [-0.39, 0.29) is 17.2 Å². The predicted molar refractivity (Wildman–Crippen MR) is 105 cm³/mol. The smallest absolute Gasteiger partial charge is 0.191 e. The number of allylic oxidation sites excluding steroid dienone is 2. The lowest BCUT2D eigenvalue weighted by molar-refractivity contribution is 0.200. The van der Waals surface area contributed by atoms with Gasteiger partial charge in [0.15, 0.2) is 5.41 Å². The van der Waals surface area contributed by atoms with Crippen molar-refractivity contribution in [1.29, 1.82) is 15.8 Å². The number of fused-ring (bicyclic) bond motifs is 1. The Morgan fingerprint density at radius 1 is 1.14 bits per heavy atom. The van der Waals surface area contributed by atoms with Crippen molar-refractivity contribution < 1.29 is 4.42 Å². The van der Waals surface area contributed by atoms with Gasteiger partial charge in [0.2, 0.25) is 0 Å². The molecule has 0 saturated carbocycles. The quantitative estimate of drug-likeness (QED) is 0.873. The molecule has 0 amide bonds. The van der Waals surface area contributed by atoms with E-state index in [1.807, 2.05) is 24.3 Å². The molecule has 2 unspecified atom stereocenters. The Morgan fingerprint density at radius 3 is 2.52 bits per heavy atom. The molecule has 2 atom stereocenters. The van der Waals surface area contributed by atoms with Crippen LogP contribution in [-0.4, -0.2) is 18.0 Å². The molecule has 0 fully saturated rings. The molecule has 2 aromatic rings. The van der Waals surface area contributed by atoms with Crippen LogP contribution in [0.4, 0.5) is 0 Å². The molecule has 6 heteroatoms. The Labute approximate surface area is 169 Å². The maximum atomic E-state index is 10.0. The van der Waals surface area contributed by atoms with Gasteiger partial charge >= 0.3 is 0 Å². The molecule has 2 N–H and O–H groups in total. The first-order chi connectivity index (χ1) is 14.1. The summed E-state index contributed by atoms with van der Waals surface area (Å²) >= 11 is 0. The zero-order valence-corrected chi connectivity index (χ0v) is 15.7. The second-order valence-corrected chi connectivity index (χ2v) is 7.41. The van der Waals surface area contributed by atoms with Crippen molar-refractivity contribution in [2.24, 2.45) is 17.1 Å². The van der Waals surface area contributed by atoms with Crippen LogP contribution in [0.3, 0.4) is 0 Å². The average molecular weight is 381 g/mol. The Balaban J connectivity index is 1.82. The fraction of sp³-hybridized carbons (Fsp3) is 0.261. The Bertz CT molecular complexity index is 1080. The average Bonchev–Trinajstić information content (AvgIpc) is 3.28. The molecule has 142 valence electrons. The molecule has 4 rings (SSSR count). The molecule has 2 heterocycles. The molecule has 0 radical (unpaired) electrons. The molecular weight excluding hydrogens is 362 g/mol. The monoisotopic (exact) mass is 381 g/mol. The van der Waals surface area contributed by atoms with E-state index in [0.29, 0.717) is 13.1 Å². The summed E-state index contributed by atoms with van der Waals surface area (Å²) in [7, 11) is 0. The molecule has 1 aromatic heterocycles. The highest BCUT2D eigenvalue weighted by Gasteiger charge is 2.54. The highest BCUT2D eigenvalue weighted by atomic mass is 16.3. The van der Waals surface area contributed by atoms with Crippen LogP contribution in [0.5, 0.6) is 0 Å². The molecular formula is C23H19N5O. The lowest BCUT2D eigenvalue weighted by Gasteiger charge is -2.45. The number of nitrogens with two attached hydrogens (primary N) is 1. The maximum Gasteiger partial charge on any atom is 0.191 e. The molecule has 0 spiro atoms. The molecule has 0 bridgehead atoms. The third kappa shape index (κ3) is 2.90. The van der Waals surface area contributed by atoms with Gasteiger partial charge in [0.05, 0.1) is 35.9 Å². The summed E-state index contributed by atoms with van der Waals surface area (Å²) in [6, 6.07) is 18.3. The van der Waals surface area contributed by atoms with E-state index in [1.165, 1.54) is 11.8 Å². The zero-order valence-electron chi connectivity index (χ0n) is 15.7. The van der Waals surface area contributed by atoms with E-state index < -0.39 is 11.3 Å². The number of hydrogen-bond donors (Lipinski definition) is 1. The van der Waals surface area contributed by atoms with Gasteiger partial charge in [-0.2, -0.15) is 15.8 Å². The summed E-state index contributed by atoms with van der Waals surface area (Å²) in [5.41, 5.74) is 7.70. The number of furan rings is 1. The first-order valence-electron chi connectivity index (χ1n) is 9.36. The summed E-state index contributed by atoms with van der Waals surface area (Å²) in [6.45, 7) is 2.02.